The molecule has 0 aliphatic rings. The van der Waals surface area contributed by atoms with Crippen molar-refractivity contribution in [1.82, 2.24) is 9.78 Å². The monoisotopic (exact) mass is 295 g/mol. The first-order valence-corrected chi connectivity index (χ1v) is 6.62. The minimum absolute atomic E-state index is 0.328. The Balaban J connectivity index is 2.18. The topological polar surface area (TPSA) is 62.3 Å². The lowest BCUT2D eigenvalue weighted by Crippen LogP contribution is -2.05. The molecule has 108 valence electrons. The van der Waals surface area contributed by atoms with Crippen LogP contribution in [-0.2, 0) is 20.2 Å². The van der Waals surface area contributed by atoms with Gasteiger partial charge < -0.3 is 15.2 Å². The van der Waals surface area contributed by atoms with E-state index in [1.54, 1.807) is 11.8 Å². The van der Waals surface area contributed by atoms with Crippen LogP contribution >= 0.6 is 11.6 Å². The summed E-state index contributed by atoms with van der Waals surface area (Å²) < 4.78 is 12.8. The third-order valence-corrected chi connectivity index (χ3v) is 3.58. The lowest BCUT2D eigenvalue weighted by molar-refractivity contribution is 0.275. The van der Waals surface area contributed by atoms with E-state index in [0.717, 1.165) is 17.0 Å². The van der Waals surface area contributed by atoms with Crippen molar-refractivity contribution >= 4 is 11.6 Å². The van der Waals surface area contributed by atoms with Crippen LogP contribution in [-0.4, -0.2) is 16.9 Å². The lowest BCUT2D eigenvalue weighted by Gasteiger charge is -2.12. The normalized spacial score (nSPS) is 10.7. The summed E-state index contributed by atoms with van der Waals surface area (Å²) in [5.74, 6) is 1.31. The fourth-order valence-corrected chi connectivity index (χ4v) is 2.16. The zero-order valence-corrected chi connectivity index (χ0v) is 12.6. The predicted molar refractivity (Wildman–Crippen MR) is 78.2 cm³/mol. The van der Waals surface area contributed by atoms with Crippen molar-refractivity contribution in [3.8, 4) is 11.5 Å². The summed E-state index contributed by atoms with van der Waals surface area (Å²) in [4.78, 5) is 0. The van der Waals surface area contributed by atoms with Gasteiger partial charge in [-0.25, -0.2) is 0 Å². The number of rotatable bonds is 5. The highest BCUT2D eigenvalue weighted by atomic mass is 35.5. The van der Waals surface area contributed by atoms with Gasteiger partial charge in [0.25, 0.3) is 0 Å². The van der Waals surface area contributed by atoms with Crippen molar-refractivity contribution in [2.75, 3.05) is 7.11 Å². The summed E-state index contributed by atoms with van der Waals surface area (Å²) in [6, 6.07) is 5.62. The van der Waals surface area contributed by atoms with Crippen molar-refractivity contribution in [2.45, 2.75) is 20.1 Å². The molecular weight excluding hydrogens is 278 g/mol. The zero-order chi connectivity index (χ0) is 14.7. The Morgan fingerprint density at radius 1 is 1.35 bits per heavy atom. The number of nitrogens with zero attached hydrogens (tertiary/aromatic N) is 2. The molecule has 20 heavy (non-hydrogen) atoms. The molecule has 0 saturated heterocycles. The molecule has 0 aliphatic heterocycles. The van der Waals surface area contributed by atoms with Gasteiger partial charge in [0.2, 0.25) is 0 Å². The van der Waals surface area contributed by atoms with Crippen LogP contribution in [0.4, 0.5) is 0 Å². The van der Waals surface area contributed by atoms with Gasteiger partial charge in [-0.1, -0.05) is 17.7 Å². The molecule has 2 rings (SSSR count). The van der Waals surface area contributed by atoms with E-state index in [-0.39, 0.29) is 0 Å². The number of ether oxygens (including phenoxy) is 2. The highest BCUT2D eigenvalue weighted by Gasteiger charge is 2.13. The number of benzene rings is 1. The summed E-state index contributed by atoms with van der Waals surface area (Å²) in [5.41, 5.74) is 8.21. The molecule has 1 heterocycles. The Hall–Kier alpha value is -1.72. The molecule has 0 aliphatic carbocycles. The number of aryl methyl sites for hydroxylation is 2. The molecule has 1 aromatic carbocycles. The van der Waals surface area contributed by atoms with E-state index >= 15 is 0 Å². The molecule has 1 aromatic heterocycles. The zero-order valence-electron chi connectivity index (χ0n) is 11.8. The summed E-state index contributed by atoms with van der Waals surface area (Å²) >= 11 is 6.19. The molecule has 0 amide bonds. The maximum Gasteiger partial charge on any atom is 0.161 e. The Labute approximate surface area is 123 Å². The fraction of sp³-hybridized carbons (Fsp3) is 0.357. The standard InChI is InChI=1S/C14H18ClN3O2/c1-9-14(15)11(18(2)17-9)8-20-12-5-4-10(7-16)6-13(12)19-3/h4-6H,7-8,16H2,1-3H3. The van der Waals surface area contributed by atoms with Crippen molar-refractivity contribution in [2.24, 2.45) is 12.8 Å². The van der Waals surface area contributed by atoms with Gasteiger partial charge in [-0.15, -0.1) is 0 Å². The molecule has 0 unspecified atom stereocenters. The van der Waals surface area contributed by atoms with Crippen molar-refractivity contribution in [3.63, 3.8) is 0 Å². The van der Waals surface area contributed by atoms with Crippen LogP contribution in [0.15, 0.2) is 18.2 Å². The van der Waals surface area contributed by atoms with E-state index in [9.17, 15) is 0 Å². The number of hydrogen-bond acceptors (Lipinski definition) is 4. The summed E-state index contributed by atoms with van der Waals surface area (Å²) in [6.45, 7) is 2.65. The first kappa shape index (κ1) is 14.7. The number of nitrogens with two attached hydrogens (primary N) is 1. The van der Waals surface area contributed by atoms with Crippen LogP contribution in [0.5, 0.6) is 11.5 Å². The van der Waals surface area contributed by atoms with E-state index < -0.39 is 0 Å². The molecule has 0 spiro atoms. The lowest BCUT2D eigenvalue weighted by atomic mass is 10.2. The minimum atomic E-state index is 0.328. The van der Waals surface area contributed by atoms with Crippen LogP contribution in [0, 0.1) is 6.92 Å². The van der Waals surface area contributed by atoms with Crippen LogP contribution in [0.2, 0.25) is 5.02 Å². The summed E-state index contributed by atoms with van der Waals surface area (Å²) in [6.07, 6.45) is 0. The first-order valence-electron chi connectivity index (χ1n) is 6.24. The third kappa shape index (κ3) is 2.89. The smallest absolute Gasteiger partial charge is 0.161 e. The second kappa shape index (κ2) is 6.15. The maximum absolute atomic E-state index is 6.19. The molecule has 0 saturated carbocycles. The largest absolute Gasteiger partial charge is 0.493 e. The number of methoxy groups -OCH3 is 1. The van der Waals surface area contributed by atoms with Gasteiger partial charge in [-0.05, 0) is 24.6 Å². The quantitative estimate of drug-likeness (QED) is 0.920. The Kier molecular flexibility index (Phi) is 4.52. The Morgan fingerprint density at radius 3 is 2.65 bits per heavy atom. The number of hydrogen-bond donors (Lipinski definition) is 1. The molecule has 2 aromatic rings. The van der Waals surface area contributed by atoms with E-state index in [4.69, 9.17) is 26.8 Å². The fourth-order valence-electron chi connectivity index (χ4n) is 1.94. The van der Waals surface area contributed by atoms with Gasteiger partial charge in [0.05, 0.1) is 23.5 Å². The molecular formula is C14H18ClN3O2. The van der Waals surface area contributed by atoms with Gasteiger partial charge in [-0.3, -0.25) is 4.68 Å². The molecule has 6 heteroatoms. The van der Waals surface area contributed by atoms with Crippen LogP contribution < -0.4 is 15.2 Å². The van der Waals surface area contributed by atoms with Gasteiger partial charge in [0.15, 0.2) is 11.5 Å². The Bertz CT molecular complexity index is 611. The highest BCUT2D eigenvalue weighted by Crippen LogP contribution is 2.29. The minimum Gasteiger partial charge on any atom is -0.493 e. The van der Waals surface area contributed by atoms with Crippen LogP contribution in [0.1, 0.15) is 17.0 Å². The molecule has 5 nitrogen and oxygen atoms in total. The van der Waals surface area contributed by atoms with Crippen molar-refractivity contribution in [3.05, 3.63) is 40.2 Å². The van der Waals surface area contributed by atoms with E-state index in [0.29, 0.717) is 29.7 Å². The predicted octanol–water partition coefficient (Wildman–Crippen LogP) is 2.43. The summed E-state index contributed by atoms with van der Waals surface area (Å²) in [5, 5.41) is 4.88. The average molecular weight is 296 g/mol. The number of halogens is 1. The SMILES string of the molecule is COc1cc(CN)ccc1OCc1c(Cl)c(C)nn1C. The van der Waals surface area contributed by atoms with Gasteiger partial charge in [0, 0.05) is 13.6 Å². The number of aromatic nitrogens is 2. The second-order valence-electron chi connectivity index (χ2n) is 4.45. The maximum atomic E-state index is 6.19. The van der Waals surface area contributed by atoms with E-state index in [1.165, 1.54) is 0 Å². The first-order chi connectivity index (χ1) is 9.56. The Morgan fingerprint density at radius 2 is 2.10 bits per heavy atom. The van der Waals surface area contributed by atoms with Crippen molar-refractivity contribution in [1.29, 1.82) is 0 Å². The highest BCUT2D eigenvalue weighted by molar-refractivity contribution is 6.31. The molecule has 0 radical (unpaired) electrons. The van der Waals surface area contributed by atoms with Crippen molar-refractivity contribution < 1.29 is 9.47 Å². The third-order valence-electron chi connectivity index (χ3n) is 3.09. The average Bonchev–Trinajstić information content (AvgIpc) is 2.70. The summed E-state index contributed by atoms with van der Waals surface area (Å²) in [7, 11) is 3.44. The van der Waals surface area contributed by atoms with Gasteiger partial charge in [0.1, 0.15) is 6.61 Å². The molecule has 0 bridgehead atoms. The van der Waals surface area contributed by atoms with Gasteiger partial charge in [-0.2, -0.15) is 5.10 Å². The van der Waals surface area contributed by atoms with E-state index in [1.807, 2.05) is 32.2 Å². The molecule has 0 atom stereocenters. The van der Waals surface area contributed by atoms with Crippen LogP contribution in [0.3, 0.4) is 0 Å². The molecule has 2 N–H and O–H groups in total. The van der Waals surface area contributed by atoms with Crippen LogP contribution in [0.25, 0.3) is 0 Å². The van der Waals surface area contributed by atoms with E-state index in [2.05, 4.69) is 5.10 Å². The molecule has 0 fully saturated rings. The second-order valence-corrected chi connectivity index (χ2v) is 4.83. The van der Waals surface area contributed by atoms with Gasteiger partial charge >= 0.3 is 0 Å².